The monoisotopic (exact) mass is 290 g/mol. The number of nitrogens with zero attached hydrogens (tertiary/aromatic N) is 3. The van der Waals surface area contributed by atoms with E-state index in [1.54, 1.807) is 25.2 Å². The molecule has 21 heavy (non-hydrogen) atoms. The molecule has 0 fully saturated rings. The van der Waals surface area contributed by atoms with E-state index < -0.39 is 0 Å². The molecule has 0 saturated carbocycles. The Morgan fingerprint density at radius 3 is 2.67 bits per heavy atom. The highest BCUT2D eigenvalue weighted by Gasteiger charge is 2.18. The van der Waals surface area contributed by atoms with Crippen LogP contribution in [0.1, 0.15) is 24.4 Å². The summed E-state index contributed by atoms with van der Waals surface area (Å²) in [6.45, 7) is 2.94. The van der Waals surface area contributed by atoms with Crippen LogP contribution in [0.4, 0.5) is 0 Å². The molecule has 1 atom stereocenters. The van der Waals surface area contributed by atoms with E-state index in [2.05, 4.69) is 22.3 Å². The lowest BCUT2D eigenvalue weighted by molar-refractivity contribution is 0.383. The second-order valence-electron chi connectivity index (χ2n) is 4.72. The van der Waals surface area contributed by atoms with Crippen LogP contribution in [0.15, 0.2) is 24.5 Å². The van der Waals surface area contributed by atoms with E-state index in [0.29, 0.717) is 0 Å². The molecule has 6 heteroatoms. The van der Waals surface area contributed by atoms with Crippen LogP contribution in [-0.2, 0) is 13.5 Å². The van der Waals surface area contributed by atoms with Gasteiger partial charge in [-0.05, 0) is 12.6 Å². The molecule has 0 spiro atoms. The predicted octanol–water partition coefficient (Wildman–Crippen LogP) is 1.73. The Morgan fingerprint density at radius 1 is 1.29 bits per heavy atom. The second kappa shape index (κ2) is 7.08. The summed E-state index contributed by atoms with van der Waals surface area (Å²) in [5.74, 6) is 2.52. The molecule has 2 aromatic rings. The maximum atomic E-state index is 5.50. The van der Waals surface area contributed by atoms with Crippen LogP contribution in [0.3, 0.4) is 0 Å². The van der Waals surface area contributed by atoms with Crippen LogP contribution >= 0.6 is 0 Å². The van der Waals surface area contributed by atoms with Gasteiger partial charge in [0, 0.05) is 31.1 Å². The molecule has 0 aliphatic heterocycles. The van der Waals surface area contributed by atoms with Gasteiger partial charge in [-0.1, -0.05) is 13.0 Å². The zero-order valence-corrected chi connectivity index (χ0v) is 13.0. The van der Waals surface area contributed by atoms with Crippen LogP contribution in [0.2, 0.25) is 0 Å². The highest BCUT2D eigenvalue weighted by atomic mass is 16.5. The van der Waals surface area contributed by atoms with E-state index in [9.17, 15) is 0 Å². The Balaban J connectivity index is 2.31. The maximum Gasteiger partial charge on any atom is 0.138 e. The lowest BCUT2D eigenvalue weighted by Gasteiger charge is -2.21. The Bertz CT molecular complexity index is 583. The first-order valence-electron chi connectivity index (χ1n) is 6.97. The third-order valence-electron chi connectivity index (χ3n) is 3.46. The van der Waals surface area contributed by atoms with Crippen molar-refractivity contribution in [2.24, 2.45) is 7.05 Å². The zero-order valence-electron chi connectivity index (χ0n) is 13.0. The van der Waals surface area contributed by atoms with E-state index >= 15 is 0 Å². The summed E-state index contributed by atoms with van der Waals surface area (Å²) in [7, 11) is 5.22. The minimum Gasteiger partial charge on any atom is -0.497 e. The average molecular weight is 290 g/mol. The molecular weight excluding hydrogens is 268 g/mol. The fourth-order valence-electron chi connectivity index (χ4n) is 2.33. The number of ether oxygens (including phenoxy) is 2. The van der Waals surface area contributed by atoms with Crippen molar-refractivity contribution < 1.29 is 9.47 Å². The van der Waals surface area contributed by atoms with Gasteiger partial charge in [-0.2, -0.15) is 5.10 Å². The van der Waals surface area contributed by atoms with Crippen molar-refractivity contribution in [3.05, 3.63) is 35.9 Å². The molecular formula is C15H22N4O2. The van der Waals surface area contributed by atoms with Crippen LogP contribution in [0.5, 0.6) is 11.5 Å². The summed E-state index contributed by atoms with van der Waals surface area (Å²) in [5.41, 5.74) is 1.09. The van der Waals surface area contributed by atoms with Gasteiger partial charge in [0.2, 0.25) is 0 Å². The number of rotatable bonds is 7. The van der Waals surface area contributed by atoms with Crippen molar-refractivity contribution in [2.75, 3.05) is 20.8 Å². The average Bonchev–Trinajstić information content (AvgIpc) is 2.91. The van der Waals surface area contributed by atoms with Gasteiger partial charge in [-0.25, -0.2) is 4.98 Å². The van der Waals surface area contributed by atoms with E-state index in [4.69, 9.17) is 9.47 Å². The molecule has 1 N–H and O–H groups in total. The number of aromatic nitrogens is 3. The Morgan fingerprint density at radius 2 is 2.10 bits per heavy atom. The number of nitrogens with one attached hydrogen (secondary N) is 1. The summed E-state index contributed by atoms with van der Waals surface area (Å²) >= 11 is 0. The minimum atomic E-state index is 0.110. The Kier molecular flexibility index (Phi) is 5.16. The number of methoxy groups -OCH3 is 2. The van der Waals surface area contributed by atoms with Gasteiger partial charge >= 0.3 is 0 Å². The SMILES string of the molecule is CCNC(Cc1ncnn1C)c1ccc(OC)cc1OC. The Labute approximate surface area is 125 Å². The number of benzene rings is 1. The number of hydrogen-bond acceptors (Lipinski definition) is 5. The van der Waals surface area contributed by atoms with Crippen molar-refractivity contribution >= 4 is 0 Å². The molecule has 2 rings (SSSR count). The first-order chi connectivity index (χ1) is 10.2. The summed E-state index contributed by atoms with van der Waals surface area (Å²) < 4.78 is 12.5. The molecule has 1 aromatic carbocycles. The van der Waals surface area contributed by atoms with Crippen molar-refractivity contribution in [2.45, 2.75) is 19.4 Å². The Hall–Kier alpha value is -2.08. The second-order valence-corrected chi connectivity index (χ2v) is 4.72. The predicted molar refractivity (Wildman–Crippen MR) is 80.7 cm³/mol. The number of hydrogen-bond donors (Lipinski definition) is 1. The third-order valence-corrected chi connectivity index (χ3v) is 3.46. The molecule has 114 valence electrons. The van der Waals surface area contributed by atoms with Gasteiger partial charge in [0.05, 0.1) is 14.2 Å². The van der Waals surface area contributed by atoms with E-state index in [1.165, 1.54) is 0 Å². The summed E-state index contributed by atoms with van der Waals surface area (Å²) in [6.07, 6.45) is 2.32. The van der Waals surface area contributed by atoms with Gasteiger partial charge in [0.1, 0.15) is 23.7 Å². The lowest BCUT2D eigenvalue weighted by atomic mass is 10.0. The molecule has 0 saturated heterocycles. The first-order valence-corrected chi connectivity index (χ1v) is 6.97. The smallest absolute Gasteiger partial charge is 0.138 e. The molecule has 0 aliphatic rings. The minimum absolute atomic E-state index is 0.110. The van der Waals surface area contributed by atoms with Crippen LogP contribution in [-0.4, -0.2) is 35.5 Å². The molecule has 0 amide bonds. The number of aryl methyl sites for hydroxylation is 1. The zero-order chi connectivity index (χ0) is 15.2. The molecule has 1 aromatic heterocycles. The summed E-state index contributed by atoms with van der Waals surface area (Å²) in [5, 5.41) is 7.59. The fourth-order valence-corrected chi connectivity index (χ4v) is 2.33. The molecule has 0 radical (unpaired) electrons. The third kappa shape index (κ3) is 3.52. The standard InChI is InChI=1S/C15H22N4O2/c1-5-16-13(9-15-17-10-18-19(15)2)12-7-6-11(20-3)8-14(12)21-4/h6-8,10,13,16H,5,9H2,1-4H3. The van der Waals surface area contributed by atoms with Crippen molar-refractivity contribution in [3.63, 3.8) is 0 Å². The van der Waals surface area contributed by atoms with E-state index in [1.807, 2.05) is 25.2 Å². The van der Waals surface area contributed by atoms with Gasteiger partial charge < -0.3 is 14.8 Å². The number of likely N-dealkylation sites (N-methyl/N-ethyl adjacent to an activating group) is 1. The highest BCUT2D eigenvalue weighted by Crippen LogP contribution is 2.30. The van der Waals surface area contributed by atoms with Crippen molar-refractivity contribution in [1.29, 1.82) is 0 Å². The quantitative estimate of drug-likeness (QED) is 0.841. The van der Waals surface area contributed by atoms with Crippen LogP contribution in [0.25, 0.3) is 0 Å². The normalized spacial score (nSPS) is 12.2. The van der Waals surface area contributed by atoms with Gasteiger partial charge in [-0.15, -0.1) is 0 Å². The summed E-state index contributed by atoms with van der Waals surface area (Å²) in [6, 6.07) is 5.98. The highest BCUT2D eigenvalue weighted by molar-refractivity contribution is 5.42. The largest absolute Gasteiger partial charge is 0.497 e. The van der Waals surface area contributed by atoms with Crippen molar-refractivity contribution in [1.82, 2.24) is 20.1 Å². The lowest BCUT2D eigenvalue weighted by Crippen LogP contribution is -2.24. The van der Waals surface area contributed by atoms with Crippen LogP contribution in [0, 0.1) is 0 Å². The van der Waals surface area contributed by atoms with E-state index in [0.717, 1.165) is 35.9 Å². The molecule has 0 bridgehead atoms. The summed E-state index contributed by atoms with van der Waals surface area (Å²) in [4.78, 5) is 4.30. The van der Waals surface area contributed by atoms with Gasteiger partial charge in [-0.3, -0.25) is 4.68 Å². The topological polar surface area (TPSA) is 61.2 Å². The van der Waals surface area contributed by atoms with Crippen LogP contribution < -0.4 is 14.8 Å². The fraction of sp³-hybridized carbons (Fsp3) is 0.467. The maximum absolute atomic E-state index is 5.50. The molecule has 6 nitrogen and oxygen atoms in total. The van der Waals surface area contributed by atoms with Crippen molar-refractivity contribution in [3.8, 4) is 11.5 Å². The molecule has 0 aliphatic carbocycles. The molecule has 1 heterocycles. The van der Waals surface area contributed by atoms with E-state index in [-0.39, 0.29) is 6.04 Å². The first kappa shape index (κ1) is 15.3. The van der Waals surface area contributed by atoms with Gasteiger partial charge in [0.25, 0.3) is 0 Å². The molecule has 1 unspecified atom stereocenters. The van der Waals surface area contributed by atoms with Gasteiger partial charge in [0.15, 0.2) is 0 Å².